The molecule has 5 rings (SSSR count). The minimum Gasteiger partial charge on any atom is -0.354 e. The molecule has 34 heavy (non-hydrogen) atoms. The third-order valence-electron chi connectivity index (χ3n) is 6.89. The van der Waals surface area contributed by atoms with Crippen LogP contribution in [-0.2, 0) is 12.0 Å². The molecule has 176 valence electrons. The lowest BCUT2D eigenvalue weighted by atomic mass is 9.91. The summed E-state index contributed by atoms with van der Waals surface area (Å²) in [5, 5.41) is 4.80. The van der Waals surface area contributed by atoms with Crippen LogP contribution in [0.4, 0.5) is 5.82 Å². The van der Waals surface area contributed by atoms with E-state index in [9.17, 15) is 0 Å². The number of anilines is 1. The monoisotopic (exact) mass is 453 g/mol. The highest BCUT2D eigenvalue weighted by Crippen LogP contribution is 2.31. The molecular formula is C29H35N5. The van der Waals surface area contributed by atoms with Crippen molar-refractivity contribution in [3.05, 3.63) is 83.2 Å². The topological polar surface area (TPSA) is 36.7 Å². The number of rotatable bonds is 4. The minimum atomic E-state index is -0.0421. The van der Waals surface area contributed by atoms with Crippen LogP contribution >= 0.6 is 0 Å². The van der Waals surface area contributed by atoms with Gasteiger partial charge in [-0.2, -0.15) is 9.61 Å². The van der Waals surface area contributed by atoms with Gasteiger partial charge >= 0.3 is 0 Å². The summed E-state index contributed by atoms with van der Waals surface area (Å²) in [7, 11) is 0. The van der Waals surface area contributed by atoms with Crippen LogP contribution in [0, 0.1) is 13.8 Å². The van der Waals surface area contributed by atoms with E-state index in [0.717, 1.165) is 61.0 Å². The first-order valence-corrected chi connectivity index (χ1v) is 12.3. The summed E-state index contributed by atoms with van der Waals surface area (Å²) in [6, 6.07) is 19.5. The van der Waals surface area contributed by atoms with Crippen LogP contribution in [0.1, 0.15) is 43.2 Å². The average Bonchev–Trinajstić information content (AvgIpc) is 3.25. The molecule has 0 amide bonds. The van der Waals surface area contributed by atoms with E-state index in [2.05, 4.69) is 92.9 Å². The van der Waals surface area contributed by atoms with Gasteiger partial charge in [0, 0.05) is 49.8 Å². The fourth-order valence-electron chi connectivity index (χ4n) is 4.78. The Morgan fingerprint density at radius 1 is 0.882 bits per heavy atom. The van der Waals surface area contributed by atoms with Gasteiger partial charge in [-0.25, -0.2) is 4.98 Å². The molecule has 1 saturated heterocycles. The molecule has 5 nitrogen and oxygen atoms in total. The molecular weight excluding hydrogens is 418 g/mol. The van der Waals surface area contributed by atoms with Gasteiger partial charge in [0.1, 0.15) is 5.82 Å². The lowest BCUT2D eigenvalue weighted by molar-refractivity contribution is 0.248. The van der Waals surface area contributed by atoms with Crippen molar-refractivity contribution >= 4 is 11.5 Å². The highest BCUT2D eigenvalue weighted by Gasteiger charge is 2.25. The number of benzene rings is 2. The largest absolute Gasteiger partial charge is 0.354 e. The van der Waals surface area contributed by atoms with E-state index in [0.29, 0.717) is 0 Å². The van der Waals surface area contributed by atoms with E-state index in [-0.39, 0.29) is 5.41 Å². The maximum absolute atomic E-state index is 5.09. The Morgan fingerprint density at radius 2 is 1.62 bits per heavy atom. The van der Waals surface area contributed by atoms with Gasteiger partial charge in [-0.1, -0.05) is 74.9 Å². The molecule has 1 fully saturated rings. The molecule has 0 aliphatic carbocycles. The Labute approximate surface area is 203 Å². The van der Waals surface area contributed by atoms with Crippen LogP contribution in [-0.4, -0.2) is 45.7 Å². The summed E-state index contributed by atoms with van der Waals surface area (Å²) in [6.07, 6.45) is 1.96. The Balaban J connectivity index is 1.44. The van der Waals surface area contributed by atoms with Crippen LogP contribution < -0.4 is 4.90 Å². The Morgan fingerprint density at radius 3 is 2.29 bits per heavy atom. The Kier molecular flexibility index (Phi) is 5.90. The molecule has 1 aliphatic rings. The molecule has 2 aromatic heterocycles. The predicted octanol–water partition coefficient (Wildman–Crippen LogP) is 5.63. The number of aromatic nitrogens is 3. The van der Waals surface area contributed by atoms with E-state index < -0.39 is 0 Å². The summed E-state index contributed by atoms with van der Waals surface area (Å²) >= 11 is 0. The Hall–Kier alpha value is -3.18. The van der Waals surface area contributed by atoms with E-state index in [4.69, 9.17) is 10.1 Å². The van der Waals surface area contributed by atoms with E-state index in [1.54, 1.807) is 0 Å². The van der Waals surface area contributed by atoms with Gasteiger partial charge in [0.05, 0.1) is 11.9 Å². The van der Waals surface area contributed by atoms with Crippen molar-refractivity contribution in [3.63, 3.8) is 0 Å². The van der Waals surface area contributed by atoms with Crippen molar-refractivity contribution in [3.8, 4) is 11.1 Å². The predicted molar refractivity (Wildman–Crippen MR) is 141 cm³/mol. The van der Waals surface area contributed by atoms with Gasteiger partial charge in [0.15, 0.2) is 5.65 Å². The normalized spacial score (nSPS) is 15.3. The maximum Gasteiger partial charge on any atom is 0.165 e. The molecule has 2 aromatic carbocycles. The van der Waals surface area contributed by atoms with Crippen molar-refractivity contribution in [2.75, 3.05) is 31.1 Å². The molecule has 0 N–H and O–H groups in total. The van der Waals surface area contributed by atoms with Crippen molar-refractivity contribution < 1.29 is 0 Å². The highest BCUT2D eigenvalue weighted by atomic mass is 15.4. The molecule has 0 unspecified atom stereocenters. The molecule has 3 heterocycles. The van der Waals surface area contributed by atoms with Gasteiger partial charge in [0.25, 0.3) is 0 Å². The van der Waals surface area contributed by atoms with Gasteiger partial charge in [-0.3, -0.25) is 4.90 Å². The minimum absolute atomic E-state index is 0.0421. The van der Waals surface area contributed by atoms with Crippen molar-refractivity contribution in [1.82, 2.24) is 19.5 Å². The number of piperazine rings is 1. The SMILES string of the molecule is Cc1ccc(CN2CCN(c3cc(C(C)(C)C)nc4c(-c5ccccc5)cnn34)CC2)c(C)c1. The van der Waals surface area contributed by atoms with Gasteiger partial charge < -0.3 is 4.90 Å². The third-order valence-corrected chi connectivity index (χ3v) is 6.89. The smallest absolute Gasteiger partial charge is 0.165 e. The zero-order valence-corrected chi connectivity index (χ0v) is 21.0. The first-order valence-electron chi connectivity index (χ1n) is 12.3. The van der Waals surface area contributed by atoms with Crippen molar-refractivity contribution in [2.24, 2.45) is 0 Å². The van der Waals surface area contributed by atoms with Crippen LogP contribution in [0.3, 0.4) is 0 Å². The van der Waals surface area contributed by atoms with Crippen molar-refractivity contribution in [1.29, 1.82) is 0 Å². The molecule has 0 spiro atoms. The second-order valence-electron chi connectivity index (χ2n) is 10.6. The van der Waals surface area contributed by atoms with Crippen LogP contribution in [0.5, 0.6) is 0 Å². The molecule has 0 bridgehead atoms. The zero-order valence-electron chi connectivity index (χ0n) is 21.0. The van der Waals surface area contributed by atoms with Gasteiger partial charge in [0.2, 0.25) is 0 Å². The maximum atomic E-state index is 5.09. The summed E-state index contributed by atoms with van der Waals surface area (Å²) in [4.78, 5) is 10.1. The number of hydrogen-bond acceptors (Lipinski definition) is 4. The zero-order chi connectivity index (χ0) is 23.9. The molecule has 0 saturated carbocycles. The van der Waals surface area contributed by atoms with Gasteiger partial charge in [-0.15, -0.1) is 0 Å². The van der Waals surface area contributed by atoms with E-state index in [1.165, 1.54) is 16.7 Å². The van der Waals surface area contributed by atoms with E-state index in [1.807, 2.05) is 16.8 Å². The Bertz CT molecular complexity index is 1290. The van der Waals surface area contributed by atoms with Crippen LogP contribution in [0.25, 0.3) is 16.8 Å². The van der Waals surface area contributed by atoms with Gasteiger partial charge in [-0.05, 0) is 30.5 Å². The van der Waals surface area contributed by atoms with Crippen molar-refractivity contribution in [2.45, 2.75) is 46.6 Å². The third kappa shape index (κ3) is 4.45. The first kappa shape index (κ1) is 22.6. The molecule has 5 heteroatoms. The van der Waals surface area contributed by atoms with Crippen LogP contribution in [0.2, 0.25) is 0 Å². The second kappa shape index (κ2) is 8.88. The molecule has 0 atom stereocenters. The molecule has 0 radical (unpaired) electrons. The fraction of sp³-hybridized carbons (Fsp3) is 0.379. The fourth-order valence-corrected chi connectivity index (χ4v) is 4.78. The highest BCUT2D eigenvalue weighted by molar-refractivity contribution is 5.78. The standard InChI is InChI=1S/C29H35N5/c1-21-11-12-24(22(2)17-21)20-32-13-15-33(16-14-32)27-18-26(29(3,4)5)31-28-25(19-30-34(27)28)23-9-7-6-8-10-23/h6-12,17-19H,13-16,20H2,1-5H3. The van der Waals surface area contributed by atoms with E-state index >= 15 is 0 Å². The summed E-state index contributed by atoms with van der Waals surface area (Å²) in [5.41, 5.74) is 8.38. The first-order chi connectivity index (χ1) is 16.3. The average molecular weight is 454 g/mol. The molecule has 1 aliphatic heterocycles. The summed E-state index contributed by atoms with van der Waals surface area (Å²) in [5.74, 6) is 1.14. The number of hydrogen-bond donors (Lipinski definition) is 0. The lowest BCUT2D eigenvalue weighted by Gasteiger charge is -2.36. The second-order valence-corrected chi connectivity index (χ2v) is 10.6. The van der Waals surface area contributed by atoms with Crippen LogP contribution in [0.15, 0.2) is 60.8 Å². The summed E-state index contributed by atoms with van der Waals surface area (Å²) in [6.45, 7) is 16.1. The number of nitrogens with zero attached hydrogens (tertiary/aromatic N) is 5. The molecule has 4 aromatic rings. The number of fused-ring (bicyclic) bond motifs is 1. The number of aryl methyl sites for hydroxylation is 2. The lowest BCUT2D eigenvalue weighted by Crippen LogP contribution is -2.46. The quantitative estimate of drug-likeness (QED) is 0.401. The summed E-state index contributed by atoms with van der Waals surface area (Å²) < 4.78 is 2.04.